The second-order valence-corrected chi connectivity index (χ2v) is 1.73. The smallest absolute Gasteiger partial charge is 1.00 e. The molecule has 0 unspecified atom stereocenters. The van der Waals surface area contributed by atoms with Crippen LogP contribution in [0.25, 0.3) is 5.32 Å². The predicted molar refractivity (Wildman–Crippen MR) is 32.7 cm³/mol. The van der Waals surface area contributed by atoms with Crippen molar-refractivity contribution in [2.45, 2.75) is 19.3 Å². The van der Waals surface area contributed by atoms with Gasteiger partial charge in [0.25, 0.3) is 0 Å². The quantitative estimate of drug-likeness (QED) is 0.355. The zero-order chi connectivity index (χ0) is 4.24. The molecule has 1 heterocycles. The van der Waals surface area contributed by atoms with E-state index < -0.39 is 0 Å². The van der Waals surface area contributed by atoms with Crippen LogP contribution in [-0.4, -0.2) is 36.1 Å². The summed E-state index contributed by atoms with van der Waals surface area (Å²) in [5.74, 6) is 0. The van der Waals surface area contributed by atoms with E-state index in [1.165, 1.54) is 19.3 Å². The van der Waals surface area contributed by atoms with E-state index in [0.717, 1.165) is 13.1 Å². The van der Waals surface area contributed by atoms with Crippen LogP contribution < -0.4 is 12.4 Å². The van der Waals surface area contributed by atoms with E-state index in [4.69, 9.17) is 0 Å². The van der Waals surface area contributed by atoms with Crippen molar-refractivity contribution in [2.24, 2.45) is 0 Å². The molecule has 0 amide bonds. The summed E-state index contributed by atoms with van der Waals surface area (Å²) in [5.41, 5.74) is 0. The topological polar surface area (TPSA) is 14.1 Å². The number of hydrogen-bond acceptors (Lipinski definition) is 0. The van der Waals surface area contributed by atoms with Gasteiger partial charge in [-0.15, -0.1) is 13.1 Å². The normalized spacial score (nSPS) is 18.0. The third-order valence-corrected chi connectivity index (χ3v) is 1.13. The van der Waals surface area contributed by atoms with Gasteiger partial charge in [0.15, 0.2) is 0 Å². The van der Waals surface area contributed by atoms with Crippen molar-refractivity contribution in [3.8, 4) is 0 Å². The first-order valence-corrected chi connectivity index (χ1v) is 2.63. The second-order valence-electron chi connectivity index (χ2n) is 1.73. The van der Waals surface area contributed by atoms with E-state index >= 15 is 0 Å². The Hall–Kier alpha value is 1.02. The first kappa shape index (κ1) is 11.8. The van der Waals surface area contributed by atoms with Crippen molar-refractivity contribution >= 4 is 23.1 Å². The third kappa shape index (κ3) is 5.16. The van der Waals surface area contributed by atoms with Crippen molar-refractivity contribution in [2.75, 3.05) is 13.1 Å². The molecule has 1 aliphatic rings. The molecule has 0 aromatic heterocycles. The van der Waals surface area contributed by atoms with Crippen LogP contribution >= 0.6 is 0 Å². The Morgan fingerprint density at radius 2 is 1.38 bits per heavy atom. The van der Waals surface area contributed by atoms with Gasteiger partial charge in [0.05, 0.1) is 0 Å². The molecule has 1 fully saturated rings. The molecule has 0 bridgehead atoms. The SMILES string of the molecule is C1CC[N-]CC1.[Cl-].[Mg+2]. The Labute approximate surface area is 73.2 Å². The molecule has 0 radical (unpaired) electrons. The van der Waals surface area contributed by atoms with E-state index in [-0.39, 0.29) is 35.5 Å². The molecule has 1 saturated heterocycles. The van der Waals surface area contributed by atoms with Crippen LogP contribution in [0.3, 0.4) is 0 Å². The minimum Gasteiger partial charge on any atom is -1.00 e. The van der Waals surface area contributed by atoms with Gasteiger partial charge in [-0.2, -0.15) is 0 Å². The molecule has 1 aliphatic heterocycles. The Bertz CT molecular complexity index is 27.9. The third-order valence-electron chi connectivity index (χ3n) is 1.13. The first-order chi connectivity index (χ1) is 3.00. The molecule has 1 nitrogen and oxygen atoms in total. The molecule has 0 aliphatic carbocycles. The number of piperidine rings is 1. The fourth-order valence-electron chi connectivity index (χ4n) is 0.736. The van der Waals surface area contributed by atoms with E-state index in [9.17, 15) is 0 Å². The van der Waals surface area contributed by atoms with Crippen LogP contribution in [0.5, 0.6) is 0 Å². The second kappa shape index (κ2) is 8.02. The predicted octanol–water partition coefficient (Wildman–Crippen LogP) is -1.83. The molecular weight excluding hydrogens is 134 g/mol. The van der Waals surface area contributed by atoms with Gasteiger partial charge in [-0.25, -0.2) is 0 Å². The van der Waals surface area contributed by atoms with Crippen LogP contribution in [0.1, 0.15) is 19.3 Å². The Morgan fingerprint density at radius 1 is 0.875 bits per heavy atom. The minimum absolute atomic E-state index is 0. The number of nitrogens with zero attached hydrogens (tertiary/aromatic N) is 1. The molecule has 8 heavy (non-hydrogen) atoms. The molecule has 0 aromatic rings. The molecule has 0 aromatic carbocycles. The van der Waals surface area contributed by atoms with Gasteiger partial charge in [0, 0.05) is 0 Å². The summed E-state index contributed by atoms with van der Waals surface area (Å²) >= 11 is 0. The van der Waals surface area contributed by atoms with Gasteiger partial charge >= 0.3 is 23.1 Å². The molecule has 3 heteroatoms. The Balaban J connectivity index is 0. The number of hydrogen-bond donors (Lipinski definition) is 0. The maximum Gasteiger partial charge on any atom is 2.00 e. The van der Waals surface area contributed by atoms with Gasteiger partial charge < -0.3 is 17.7 Å². The fourth-order valence-corrected chi connectivity index (χ4v) is 0.736. The number of rotatable bonds is 0. The maximum atomic E-state index is 4.18. The number of halogens is 1. The van der Waals surface area contributed by atoms with Gasteiger partial charge in [-0.1, -0.05) is 19.3 Å². The summed E-state index contributed by atoms with van der Waals surface area (Å²) < 4.78 is 0. The molecule has 0 saturated carbocycles. The Morgan fingerprint density at radius 3 is 1.50 bits per heavy atom. The summed E-state index contributed by atoms with van der Waals surface area (Å²) in [6.07, 6.45) is 4.07. The van der Waals surface area contributed by atoms with E-state index in [1.54, 1.807) is 0 Å². The van der Waals surface area contributed by atoms with Crippen molar-refractivity contribution in [1.82, 2.24) is 0 Å². The standard InChI is InChI=1S/C5H10N.ClH.Mg/c1-2-4-6-5-3-1;;/h1-5H2;1H;/q-1;;+2/p-1. The minimum atomic E-state index is 0. The maximum absolute atomic E-state index is 4.18. The first-order valence-electron chi connectivity index (χ1n) is 2.63. The summed E-state index contributed by atoms with van der Waals surface area (Å²) in [5, 5.41) is 4.18. The molecule has 0 spiro atoms. The summed E-state index contributed by atoms with van der Waals surface area (Å²) in [7, 11) is 0. The van der Waals surface area contributed by atoms with Gasteiger partial charge in [-0.05, 0) is 0 Å². The molecule has 0 atom stereocenters. The van der Waals surface area contributed by atoms with Crippen molar-refractivity contribution in [1.29, 1.82) is 0 Å². The van der Waals surface area contributed by atoms with Crippen LogP contribution in [0.4, 0.5) is 0 Å². The van der Waals surface area contributed by atoms with Crippen LogP contribution in [0.2, 0.25) is 0 Å². The monoisotopic (exact) mass is 143 g/mol. The summed E-state index contributed by atoms with van der Waals surface area (Å²) in [6, 6.07) is 0. The van der Waals surface area contributed by atoms with E-state index in [0.29, 0.717) is 0 Å². The van der Waals surface area contributed by atoms with Crippen LogP contribution in [-0.2, 0) is 0 Å². The zero-order valence-corrected chi connectivity index (χ0v) is 7.24. The van der Waals surface area contributed by atoms with Gasteiger partial charge in [0.2, 0.25) is 0 Å². The van der Waals surface area contributed by atoms with Crippen molar-refractivity contribution in [3.63, 3.8) is 0 Å². The molecule has 0 N–H and O–H groups in total. The van der Waals surface area contributed by atoms with Crippen molar-refractivity contribution < 1.29 is 12.4 Å². The molecule has 44 valence electrons. The van der Waals surface area contributed by atoms with Crippen molar-refractivity contribution in [3.05, 3.63) is 5.32 Å². The fraction of sp³-hybridized carbons (Fsp3) is 1.00. The average Bonchev–Trinajstić information content (AvgIpc) is 1.72. The van der Waals surface area contributed by atoms with E-state index in [2.05, 4.69) is 5.32 Å². The van der Waals surface area contributed by atoms with Gasteiger partial charge in [-0.3, -0.25) is 0 Å². The molecule has 1 rings (SSSR count). The summed E-state index contributed by atoms with van der Waals surface area (Å²) in [4.78, 5) is 0. The largest absolute Gasteiger partial charge is 2.00 e. The van der Waals surface area contributed by atoms with Crippen LogP contribution in [0.15, 0.2) is 0 Å². The van der Waals surface area contributed by atoms with Gasteiger partial charge in [0.1, 0.15) is 0 Å². The average molecular weight is 144 g/mol. The Kier molecular flexibility index (Phi) is 11.8. The molecular formula is C5H10ClMgN. The van der Waals surface area contributed by atoms with E-state index in [1.807, 2.05) is 0 Å². The van der Waals surface area contributed by atoms with Crippen LogP contribution in [0, 0.1) is 0 Å². The summed E-state index contributed by atoms with van der Waals surface area (Å²) in [6.45, 7) is 2.25. The zero-order valence-electron chi connectivity index (χ0n) is 5.07.